The van der Waals surface area contributed by atoms with E-state index >= 15 is 0 Å². The topological polar surface area (TPSA) is 29.1 Å². The molecule has 2 rings (SSSR count). The van der Waals surface area contributed by atoms with Gasteiger partial charge >= 0.3 is 0 Å². The van der Waals surface area contributed by atoms with E-state index in [1.54, 1.807) is 12.1 Å². The van der Waals surface area contributed by atoms with Crippen LogP contribution in [0.3, 0.4) is 0 Å². The van der Waals surface area contributed by atoms with Crippen molar-refractivity contribution in [2.75, 3.05) is 5.75 Å². The number of carbonyl (C=O) groups is 1. The Kier molecular flexibility index (Phi) is 4.86. The first kappa shape index (κ1) is 14.4. The zero-order valence-corrected chi connectivity index (χ0v) is 12.2. The summed E-state index contributed by atoms with van der Waals surface area (Å²) < 4.78 is 12.8. The lowest BCUT2D eigenvalue weighted by atomic mass is 9.97. The Labute approximate surface area is 118 Å². The fourth-order valence-electron chi connectivity index (χ4n) is 2.39. The molecule has 0 aromatic heterocycles. The smallest absolute Gasteiger partial charge is 0.220 e. The molecule has 1 heterocycles. The molecule has 1 fully saturated rings. The van der Waals surface area contributed by atoms with Gasteiger partial charge in [-0.05, 0) is 30.0 Å². The first-order valence-electron chi connectivity index (χ1n) is 6.71. The molecule has 0 spiro atoms. The number of hydrogen-bond acceptors (Lipinski definition) is 2. The highest BCUT2D eigenvalue weighted by Crippen LogP contribution is 2.26. The second-order valence-corrected chi connectivity index (χ2v) is 6.77. The lowest BCUT2D eigenvalue weighted by Gasteiger charge is -2.15. The number of carbonyl (C=O) groups excluding carboxylic acids is 1. The van der Waals surface area contributed by atoms with Gasteiger partial charge in [-0.25, -0.2) is 4.39 Å². The molecular formula is C15H20FNOS. The molecule has 1 aromatic rings. The Morgan fingerprint density at radius 3 is 2.74 bits per heavy atom. The summed E-state index contributed by atoms with van der Waals surface area (Å²) >= 11 is 1.91. The normalized spacial score (nSPS) is 24.2. The predicted molar refractivity (Wildman–Crippen MR) is 77.9 cm³/mol. The molecule has 19 heavy (non-hydrogen) atoms. The summed E-state index contributed by atoms with van der Waals surface area (Å²) in [4.78, 5) is 12.0. The van der Waals surface area contributed by atoms with E-state index in [9.17, 15) is 9.18 Å². The summed E-state index contributed by atoms with van der Waals surface area (Å²) in [5.41, 5.74) is 1.01. The second kappa shape index (κ2) is 6.42. The summed E-state index contributed by atoms with van der Waals surface area (Å²) in [6, 6.07) is 6.70. The molecular weight excluding hydrogens is 261 g/mol. The molecule has 1 saturated heterocycles. The summed E-state index contributed by atoms with van der Waals surface area (Å²) in [6.45, 7) is 4.19. The van der Waals surface area contributed by atoms with E-state index in [-0.39, 0.29) is 17.6 Å². The highest BCUT2D eigenvalue weighted by molar-refractivity contribution is 8.00. The van der Waals surface area contributed by atoms with E-state index < -0.39 is 0 Å². The van der Waals surface area contributed by atoms with E-state index in [0.717, 1.165) is 17.7 Å². The molecule has 1 aliphatic rings. The van der Waals surface area contributed by atoms with Crippen molar-refractivity contribution in [3.8, 4) is 0 Å². The van der Waals surface area contributed by atoms with Crippen LogP contribution in [0.1, 0.15) is 38.2 Å². The highest BCUT2D eigenvalue weighted by atomic mass is 32.2. The third-order valence-electron chi connectivity index (χ3n) is 3.49. The largest absolute Gasteiger partial charge is 0.352 e. The molecule has 1 N–H and O–H groups in total. The maximum absolute atomic E-state index is 12.8. The van der Waals surface area contributed by atoms with Crippen LogP contribution < -0.4 is 5.32 Å². The van der Waals surface area contributed by atoms with Crippen LogP contribution in [-0.4, -0.2) is 23.0 Å². The molecule has 0 bridgehead atoms. The Hall–Kier alpha value is -1.03. The summed E-state index contributed by atoms with van der Waals surface area (Å²) in [6.07, 6.45) is 1.52. The van der Waals surface area contributed by atoms with Crippen LogP contribution in [-0.2, 0) is 4.79 Å². The number of halogens is 1. The van der Waals surface area contributed by atoms with Crippen molar-refractivity contribution in [1.82, 2.24) is 5.32 Å². The zero-order valence-electron chi connectivity index (χ0n) is 11.4. The van der Waals surface area contributed by atoms with E-state index in [2.05, 4.69) is 12.2 Å². The Bertz CT molecular complexity index is 434. The van der Waals surface area contributed by atoms with Crippen molar-refractivity contribution in [2.45, 2.75) is 43.9 Å². The summed E-state index contributed by atoms with van der Waals surface area (Å²) in [5.74, 6) is 0.985. The Morgan fingerprint density at radius 2 is 2.16 bits per heavy atom. The van der Waals surface area contributed by atoms with E-state index in [4.69, 9.17) is 0 Å². The first-order valence-corrected chi connectivity index (χ1v) is 7.76. The highest BCUT2D eigenvalue weighted by Gasteiger charge is 2.23. The molecule has 4 heteroatoms. The van der Waals surface area contributed by atoms with E-state index in [1.165, 1.54) is 12.1 Å². The standard InChI is InChI=1S/C15H20FNOS/c1-10(12-3-5-13(16)6-4-12)7-15(18)17-14-8-11(2)19-9-14/h3-6,10-11,14H,7-9H2,1-2H3,(H,17,18)/t10-,11-,14-/m1/s1. The van der Waals surface area contributed by atoms with Gasteiger partial charge in [-0.1, -0.05) is 26.0 Å². The van der Waals surface area contributed by atoms with Crippen molar-refractivity contribution in [3.05, 3.63) is 35.6 Å². The van der Waals surface area contributed by atoms with Gasteiger partial charge in [0.25, 0.3) is 0 Å². The van der Waals surface area contributed by atoms with Gasteiger partial charge in [-0.15, -0.1) is 0 Å². The third kappa shape index (κ3) is 4.23. The number of thioether (sulfide) groups is 1. The molecule has 1 aliphatic heterocycles. The van der Waals surface area contributed by atoms with Gasteiger partial charge in [0.1, 0.15) is 5.82 Å². The molecule has 2 nitrogen and oxygen atoms in total. The van der Waals surface area contributed by atoms with E-state index in [1.807, 2.05) is 18.7 Å². The average molecular weight is 281 g/mol. The molecule has 3 atom stereocenters. The second-order valence-electron chi connectivity index (χ2n) is 5.30. The van der Waals surface area contributed by atoms with Crippen LogP contribution in [0.4, 0.5) is 4.39 Å². The molecule has 0 aliphatic carbocycles. The molecule has 1 aromatic carbocycles. The Morgan fingerprint density at radius 1 is 1.47 bits per heavy atom. The molecule has 0 unspecified atom stereocenters. The van der Waals surface area contributed by atoms with Crippen LogP contribution in [0, 0.1) is 5.82 Å². The van der Waals surface area contributed by atoms with Crippen molar-refractivity contribution in [3.63, 3.8) is 0 Å². The van der Waals surface area contributed by atoms with Gasteiger partial charge in [-0.2, -0.15) is 11.8 Å². The maximum Gasteiger partial charge on any atom is 0.220 e. The predicted octanol–water partition coefficient (Wildman–Crippen LogP) is 3.33. The summed E-state index contributed by atoms with van der Waals surface area (Å²) in [7, 11) is 0. The molecule has 0 radical (unpaired) electrons. The minimum Gasteiger partial charge on any atom is -0.352 e. The Balaban J connectivity index is 1.83. The van der Waals surface area contributed by atoms with Crippen molar-refractivity contribution >= 4 is 17.7 Å². The number of benzene rings is 1. The summed E-state index contributed by atoms with van der Waals surface area (Å²) in [5, 5.41) is 3.73. The fourth-order valence-corrected chi connectivity index (χ4v) is 3.54. The monoisotopic (exact) mass is 281 g/mol. The molecule has 104 valence electrons. The minimum absolute atomic E-state index is 0.0940. The van der Waals surface area contributed by atoms with Crippen LogP contribution in [0.15, 0.2) is 24.3 Å². The lowest BCUT2D eigenvalue weighted by molar-refractivity contribution is -0.121. The van der Waals surface area contributed by atoms with E-state index in [0.29, 0.717) is 17.7 Å². The zero-order chi connectivity index (χ0) is 13.8. The minimum atomic E-state index is -0.239. The van der Waals surface area contributed by atoms with Crippen LogP contribution in [0.5, 0.6) is 0 Å². The lowest BCUT2D eigenvalue weighted by Crippen LogP contribution is -2.35. The third-order valence-corrected chi connectivity index (χ3v) is 4.85. The van der Waals surface area contributed by atoms with Gasteiger partial charge in [0.2, 0.25) is 5.91 Å². The van der Waals surface area contributed by atoms with Gasteiger partial charge in [0.15, 0.2) is 0 Å². The number of rotatable bonds is 4. The SMILES string of the molecule is C[C@@H]1C[C@@H](NC(=O)C[C@@H](C)c2ccc(F)cc2)CS1. The van der Waals surface area contributed by atoms with Crippen LogP contribution >= 0.6 is 11.8 Å². The van der Waals surface area contributed by atoms with Gasteiger partial charge < -0.3 is 5.32 Å². The molecule has 0 saturated carbocycles. The van der Waals surface area contributed by atoms with Crippen LogP contribution in [0.25, 0.3) is 0 Å². The quantitative estimate of drug-likeness (QED) is 0.917. The van der Waals surface area contributed by atoms with Gasteiger partial charge in [-0.3, -0.25) is 4.79 Å². The van der Waals surface area contributed by atoms with Gasteiger partial charge in [0.05, 0.1) is 0 Å². The number of hydrogen-bond donors (Lipinski definition) is 1. The van der Waals surface area contributed by atoms with Crippen molar-refractivity contribution in [2.24, 2.45) is 0 Å². The maximum atomic E-state index is 12.8. The molecule has 1 amide bonds. The number of nitrogens with one attached hydrogen (secondary N) is 1. The first-order chi connectivity index (χ1) is 9.04. The van der Waals surface area contributed by atoms with Crippen molar-refractivity contribution < 1.29 is 9.18 Å². The van der Waals surface area contributed by atoms with Crippen molar-refractivity contribution in [1.29, 1.82) is 0 Å². The van der Waals surface area contributed by atoms with Gasteiger partial charge in [0, 0.05) is 23.5 Å². The average Bonchev–Trinajstić information content (AvgIpc) is 2.75. The van der Waals surface area contributed by atoms with Crippen LogP contribution in [0.2, 0.25) is 0 Å². The fraction of sp³-hybridized carbons (Fsp3) is 0.533. The number of amides is 1.